The number of nitrogens with one attached hydrogen (secondary N) is 2. The van der Waals surface area contributed by atoms with Gasteiger partial charge in [0.25, 0.3) is 11.8 Å². The Morgan fingerprint density at radius 3 is 2.46 bits per heavy atom. The summed E-state index contributed by atoms with van der Waals surface area (Å²) < 4.78 is 0. The molecule has 1 aliphatic carbocycles. The highest BCUT2D eigenvalue weighted by atomic mass is 16.2. The molecule has 2 amide bonds. The second-order valence-electron chi connectivity index (χ2n) is 6.04. The number of benzene rings is 1. The van der Waals surface area contributed by atoms with E-state index in [4.69, 9.17) is 0 Å². The zero-order valence-electron chi connectivity index (χ0n) is 13.7. The highest BCUT2D eigenvalue weighted by Gasteiger charge is 2.23. The first-order valence-corrected chi connectivity index (χ1v) is 8.32. The summed E-state index contributed by atoms with van der Waals surface area (Å²) >= 11 is 0. The van der Waals surface area contributed by atoms with Gasteiger partial charge in [0.1, 0.15) is 0 Å². The fourth-order valence-electron chi connectivity index (χ4n) is 2.37. The number of amides is 2. The highest BCUT2D eigenvalue weighted by molar-refractivity contribution is 5.96. The molecule has 0 radical (unpaired) electrons. The van der Waals surface area contributed by atoms with Crippen LogP contribution in [0.1, 0.15) is 46.9 Å². The third-order valence-corrected chi connectivity index (χ3v) is 3.93. The number of hydrogen-bond donors (Lipinski definition) is 2. The van der Waals surface area contributed by atoms with Gasteiger partial charge in [-0.15, -0.1) is 0 Å². The van der Waals surface area contributed by atoms with Gasteiger partial charge in [-0.25, -0.2) is 0 Å². The molecule has 0 aliphatic heterocycles. The summed E-state index contributed by atoms with van der Waals surface area (Å²) in [6.45, 7) is 2.66. The molecule has 0 saturated heterocycles. The molecule has 5 heteroatoms. The van der Waals surface area contributed by atoms with Crippen LogP contribution >= 0.6 is 0 Å². The monoisotopic (exact) mass is 323 g/mol. The lowest BCUT2D eigenvalue weighted by Crippen LogP contribution is -2.25. The van der Waals surface area contributed by atoms with Crippen molar-refractivity contribution in [3.63, 3.8) is 0 Å². The Kier molecular flexibility index (Phi) is 4.89. The number of carbonyl (C=O) groups is 2. The van der Waals surface area contributed by atoms with E-state index in [0.717, 1.165) is 30.4 Å². The molecule has 1 fully saturated rings. The van der Waals surface area contributed by atoms with Crippen LogP contribution in [0, 0.1) is 0 Å². The molecule has 0 bridgehead atoms. The second kappa shape index (κ2) is 7.25. The Balaban J connectivity index is 1.73. The molecule has 24 heavy (non-hydrogen) atoms. The Labute approximate surface area is 141 Å². The second-order valence-corrected chi connectivity index (χ2v) is 6.04. The smallest absolute Gasteiger partial charge is 0.252 e. The van der Waals surface area contributed by atoms with Crippen LogP contribution in [-0.4, -0.2) is 29.4 Å². The summed E-state index contributed by atoms with van der Waals surface area (Å²) in [5.41, 5.74) is 2.97. The summed E-state index contributed by atoms with van der Waals surface area (Å²) in [6.07, 6.45) is 6.32. The molecule has 0 unspecified atom stereocenters. The molecule has 1 heterocycles. The molecule has 1 aromatic heterocycles. The van der Waals surface area contributed by atoms with E-state index in [1.807, 2.05) is 25.1 Å². The topological polar surface area (TPSA) is 71.1 Å². The minimum absolute atomic E-state index is 0.0325. The predicted molar refractivity (Wildman–Crippen MR) is 92.8 cm³/mol. The largest absolute Gasteiger partial charge is 0.352 e. The molecule has 2 aromatic rings. The van der Waals surface area contributed by atoms with E-state index < -0.39 is 0 Å². The number of pyridine rings is 1. The van der Waals surface area contributed by atoms with Crippen LogP contribution < -0.4 is 10.6 Å². The summed E-state index contributed by atoms with van der Waals surface area (Å²) in [7, 11) is 0. The van der Waals surface area contributed by atoms with Crippen LogP contribution in [0.25, 0.3) is 11.1 Å². The molecular weight excluding hydrogens is 302 g/mol. The van der Waals surface area contributed by atoms with Gasteiger partial charge in [-0.3, -0.25) is 14.6 Å². The molecule has 1 aromatic carbocycles. The van der Waals surface area contributed by atoms with Crippen molar-refractivity contribution in [1.82, 2.24) is 15.6 Å². The highest BCUT2D eigenvalue weighted by Crippen LogP contribution is 2.22. The Bertz CT molecular complexity index is 737. The molecule has 5 nitrogen and oxygen atoms in total. The van der Waals surface area contributed by atoms with Gasteiger partial charge >= 0.3 is 0 Å². The maximum Gasteiger partial charge on any atom is 0.252 e. The van der Waals surface area contributed by atoms with E-state index in [1.165, 1.54) is 0 Å². The number of nitrogens with zero attached hydrogens (tertiary/aromatic N) is 1. The van der Waals surface area contributed by atoms with Crippen LogP contribution in [0.4, 0.5) is 0 Å². The van der Waals surface area contributed by atoms with Gasteiger partial charge in [-0.2, -0.15) is 0 Å². The Morgan fingerprint density at radius 1 is 1.04 bits per heavy atom. The zero-order chi connectivity index (χ0) is 16.9. The van der Waals surface area contributed by atoms with Crippen LogP contribution in [0.15, 0.2) is 42.7 Å². The predicted octanol–water partition coefficient (Wildman–Crippen LogP) is 2.78. The first-order chi connectivity index (χ1) is 11.7. The first-order valence-electron chi connectivity index (χ1n) is 8.32. The zero-order valence-corrected chi connectivity index (χ0v) is 13.7. The summed E-state index contributed by atoms with van der Waals surface area (Å²) in [6, 6.07) is 9.53. The van der Waals surface area contributed by atoms with Gasteiger partial charge in [-0.1, -0.05) is 19.1 Å². The minimum atomic E-state index is -0.119. The van der Waals surface area contributed by atoms with Gasteiger partial charge in [0.15, 0.2) is 0 Å². The molecule has 2 N–H and O–H groups in total. The van der Waals surface area contributed by atoms with Gasteiger partial charge in [0.2, 0.25) is 0 Å². The molecule has 1 aliphatic rings. The van der Waals surface area contributed by atoms with Crippen molar-refractivity contribution >= 4 is 11.8 Å². The van der Waals surface area contributed by atoms with Gasteiger partial charge in [0.05, 0.1) is 5.56 Å². The maximum absolute atomic E-state index is 12.0. The van der Waals surface area contributed by atoms with Crippen LogP contribution in [0.3, 0.4) is 0 Å². The molecule has 124 valence electrons. The van der Waals surface area contributed by atoms with E-state index in [0.29, 0.717) is 23.7 Å². The van der Waals surface area contributed by atoms with E-state index >= 15 is 0 Å². The number of rotatable bonds is 6. The fraction of sp³-hybridized carbons (Fsp3) is 0.316. The van der Waals surface area contributed by atoms with Crippen LogP contribution in [0.2, 0.25) is 0 Å². The Hall–Kier alpha value is -2.69. The Morgan fingerprint density at radius 2 is 1.79 bits per heavy atom. The SMILES string of the molecule is CCCNC(=O)c1cncc(-c2ccc(C(=O)NC3CC3)cc2)c1. The maximum atomic E-state index is 12.0. The van der Waals surface area contributed by atoms with Crippen LogP contribution in [-0.2, 0) is 0 Å². The van der Waals surface area contributed by atoms with E-state index in [9.17, 15) is 9.59 Å². The average molecular weight is 323 g/mol. The van der Waals surface area contributed by atoms with Crippen molar-refractivity contribution in [3.8, 4) is 11.1 Å². The first kappa shape index (κ1) is 16.2. The van der Waals surface area contributed by atoms with Crippen molar-refractivity contribution in [1.29, 1.82) is 0 Å². The number of hydrogen-bond acceptors (Lipinski definition) is 3. The van der Waals surface area contributed by atoms with Gasteiger partial charge in [-0.05, 0) is 43.0 Å². The van der Waals surface area contributed by atoms with Crippen molar-refractivity contribution in [3.05, 3.63) is 53.9 Å². The van der Waals surface area contributed by atoms with E-state index in [-0.39, 0.29) is 11.8 Å². The molecule has 3 rings (SSSR count). The lowest BCUT2D eigenvalue weighted by Gasteiger charge is -2.07. The quantitative estimate of drug-likeness (QED) is 0.859. The molecule has 0 spiro atoms. The van der Waals surface area contributed by atoms with E-state index in [2.05, 4.69) is 15.6 Å². The van der Waals surface area contributed by atoms with Crippen molar-refractivity contribution in [2.45, 2.75) is 32.2 Å². The van der Waals surface area contributed by atoms with Crippen LogP contribution in [0.5, 0.6) is 0 Å². The lowest BCUT2D eigenvalue weighted by atomic mass is 10.0. The van der Waals surface area contributed by atoms with Crippen molar-refractivity contribution < 1.29 is 9.59 Å². The number of aromatic nitrogens is 1. The summed E-state index contributed by atoms with van der Waals surface area (Å²) in [4.78, 5) is 28.2. The summed E-state index contributed by atoms with van der Waals surface area (Å²) in [5.74, 6) is -0.151. The lowest BCUT2D eigenvalue weighted by molar-refractivity contribution is 0.0944. The third-order valence-electron chi connectivity index (χ3n) is 3.93. The van der Waals surface area contributed by atoms with E-state index in [1.54, 1.807) is 24.5 Å². The van der Waals surface area contributed by atoms with Crippen molar-refractivity contribution in [2.75, 3.05) is 6.54 Å². The molecular formula is C19H21N3O2. The third kappa shape index (κ3) is 3.98. The van der Waals surface area contributed by atoms with Gasteiger partial charge in [0, 0.05) is 36.1 Å². The molecule has 1 saturated carbocycles. The van der Waals surface area contributed by atoms with Crippen molar-refractivity contribution in [2.24, 2.45) is 0 Å². The van der Waals surface area contributed by atoms with Gasteiger partial charge < -0.3 is 10.6 Å². The average Bonchev–Trinajstić information content (AvgIpc) is 3.44. The summed E-state index contributed by atoms with van der Waals surface area (Å²) in [5, 5.41) is 5.81. The molecule has 0 atom stereocenters. The minimum Gasteiger partial charge on any atom is -0.352 e. The standard InChI is InChI=1S/C19H21N3O2/c1-2-9-21-18(23)16-10-15(11-20-12-16)13-3-5-14(6-4-13)19(24)22-17-7-8-17/h3-6,10-12,17H,2,7-9H2,1H3,(H,21,23)(H,22,24). The normalized spacial score (nSPS) is 13.4. The fourth-order valence-corrected chi connectivity index (χ4v) is 2.37. The number of carbonyl (C=O) groups excluding carboxylic acids is 2.